The van der Waals surface area contributed by atoms with Crippen LogP contribution in [0.2, 0.25) is 0 Å². The Morgan fingerprint density at radius 1 is 1.29 bits per heavy atom. The highest BCUT2D eigenvalue weighted by atomic mass is 19.4. The monoisotopic (exact) mass is 204 g/mol. The van der Waals surface area contributed by atoms with Gasteiger partial charge in [-0.3, -0.25) is 0 Å². The Kier molecular flexibility index (Phi) is 2.65. The Morgan fingerprint density at radius 3 is 2.43 bits per heavy atom. The highest BCUT2D eigenvalue weighted by Gasteiger charge is 2.31. The zero-order chi connectivity index (χ0) is 10.8. The molecule has 14 heavy (non-hydrogen) atoms. The minimum Gasteiger partial charge on any atom is -0.404 e. The molecule has 0 amide bonds. The average Bonchev–Trinajstić information content (AvgIpc) is 2.06. The van der Waals surface area contributed by atoms with Crippen molar-refractivity contribution >= 4 is 0 Å². The molecule has 0 N–H and O–H groups in total. The van der Waals surface area contributed by atoms with Gasteiger partial charge in [-0.1, -0.05) is 5.92 Å². The molecule has 0 spiro atoms. The van der Waals surface area contributed by atoms with Crippen LogP contribution in [0.1, 0.15) is 5.56 Å². The van der Waals surface area contributed by atoms with Crippen LogP contribution >= 0.6 is 0 Å². The second-order valence-electron chi connectivity index (χ2n) is 2.33. The first-order valence-electron chi connectivity index (χ1n) is 3.44. The van der Waals surface area contributed by atoms with Crippen molar-refractivity contribution in [3.05, 3.63) is 29.6 Å². The maximum Gasteiger partial charge on any atom is 0.573 e. The van der Waals surface area contributed by atoms with Gasteiger partial charge >= 0.3 is 6.36 Å². The largest absolute Gasteiger partial charge is 0.573 e. The summed E-state index contributed by atoms with van der Waals surface area (Å²) in [5.74, 6) is 0.597. The number of benzene rings is 1. The number of ether oxygens (including phenoxy) is 1. The Morgan fingerprint density at radius 2 is 1.93 bits per heavy atom. The first-order valence-corrected chi connectivity index (χ1v) is 3.44. The van der Waals surface area contributed by atoms with E-state index in [1.165, 1.54) is 0 Å². The SMILES string of the molecule is C#Cc1cc(F)ccc1OC(F)(F)F. The summed E-state index contributed by atoms with van der Waals surface area (Å²) in [5, 5.41) is 0. The number of rotatable bonds is 1. The van der Waals surface area contributed by atoms with E-state index >= 15 is 0 Å². The molecule has 0 saturated carbocycles. The van der Waals surface area contributed by atoms with Crippen LogP contribution < -0.4 is 4.74 Å². The van der Waals surface area contributed by atoms with Gasteiger partial charge in [0.25, 0.3) is 0 Å². The lowest BCUT2D eigenvalue weighted by Gasteiger charge is -2.10. The number of hydrogen-bond donors (Lipinski definition) is 0. The molecule has 5 heteroatoms. The summed E-state index contributed by atoms with van der Waals surface area (Å²) in [6.07, 6.45) is 0.0444. The van der Waals surface area contributed by atoms with Gasteiger partial charge in [0, 0.05) is 0 Å². The molecule has 0 saturated heterocycles. The fraction of sp³-hybridized carbons (Fsp3) is 0.111. The Balaban J connectivity index is 3.05. The lowest BCUT2D eigenvalue weighted by Crippen LogP contribution is -2.17. The van der Waals surface area contributed by atoms with E-state index in [4.69, 9.17) is 6.42 Å². The predicted octanol–water partition coefficient (Wildman–Crippen LogP) is 2.71. The van der Waals surface area contributed by atoms with Gasteiger partial charge in [-0.2, -0.15) is 0 Å². The molecule has 0 aromatic heterocycles. The van der Waals surface area contributed by atoms with Crippen LogP contribution in [0, 0.1) is 18.2 Å². The molecule has 0 aliphatic heterocycles. The summed E-state index contributed by atoms with van der Waals surface area (Å²) in [7, 11) is 0. The van der Waals surface area contributed by atoms with Crippen molar-refractivity contribution in [1.29, 1.82) is 0 Å². The van der Waals surface area contributed by atoms with E-state index in [0.29, 0.717) is 0 Å². The molecular formula is C9H4F4O. The minimum atomic E-state index is -4.83. The van der Waals surface area contributed by atoms with Gasteiger partial charge in [0.15, 0.2) is 0 Å². The lowest BCUT2D eigenvalue weighted by molar-refractivity contribution is -0.274. The molecule has 0 radical (unpaired) electrons. The second kappa shape index (κ2) is 3.58. The standard InChI is InChI=1S/C9H4F4O/c1-2-6-5-7(10)3-4-8(6)14-9(11,12)13/h1,3-5H. The Bertz CT molecular complexity index is 375. The molecule has 1 rings (SSSR count). The van der Waals surface area contributed by atoms with Crippen molar-refractivity contribution in [2.45, 2.75) is 6.36 Å². The van der Waals surface area contributed by atoms with Gasteiger partial charge in [-0.15, -0.1) is 19.6 Å². The number of terminal acetylenes is 1. The van der Waals surface area contributed by atoms with E-state index < -0.39 is 17.9 Å². The van der Waals surface area contributed by atoms with Crippen LogP contribution in [0.3, 0.4) is 0 Å². The molecule has 1 aromatic rings. The van der Waals surface area contributed by atoms with Crippen LogP contribution in [0.5, 0.6) is 5.75 Å². The van der Waals surface area contributed by atoms with Gasteiger partial charge in [-0.25, -0.2) is 4.39 Å². The van der Waals surface area contributed by atoms with E-state index in [-0.39, 0.29) is 5.56 Å². The average molecular weight is 204 g/mol. The number of alkyl halides is 3. The van der Waals surface area contributed by atoms with E-state index in [1.807, 2.05) is 5.92 Å². The van der Waals surface area contributed by atoms with Crippen molar-refractivity contribution in [2.24, 2.45) is 0 Å². The van der Waals surface area contributed by atoms with Gasteiger partial charge in [0.2, 0.25) is 0 Å². The van der Waals surface area contributed by atoms with Crippen LogP contribution in [-0.4, -0.2) is 6.36 Å². The minimum absolute atomic E-state index is 0.276. The fourth-order valence-electron chi connectivity index (χ4n) is 0.829. The van der Waals surface area contributed by atoms with Crippen molar-refractivity contribution in [3.8, 4) is 18.1 Å². The lowest BCUT2D eigenvalue weighted by atomic mass is 10.2. The van der Waals surface area contributed by atoms with Crippen molar-refractivity contribution in [2.75, 3.05) is 0 Å². The topological polar surface area (TPSA) is 9.23 Å². The molecule has 0 bridgehead atoms. The first kappa shape index (κ1) is 10.4. The van der Waals surface area contributed by atoms with E-state index in [2.05, 4.69) is 4.74 Å². The maximum atomic E-state index is 12.5. The molecule has 1 aromatic carbocycles. The molecule has 74 valence electrons. The third-order valence-corrected chi connectivity index (χ3v) is 1.32. The normalized spacial score (nSPS) is 10.8. The van der Waals surface area contributed by atoms with E-state index in [0.717, 1.165) is 18.2 Å². The van der Waals surface area contributed by atoms with Gasteiger partial charge < -0.3 is 4.74 Å². The fourth-order valence-corrected chi connectivity index (χ4v) is 0.829. The molecule has 0 heterocycles. The summed E-state index contributed by atoms with van der Waals surface area (Å²) in [6, 6.07) is 2.46. The number of hydrogen-bond acceptors (Lipinski definition) is 1. The van der Waals surface area contributed by atoms with Crippen LogP contribution in [0.25, 0.3) is 0 Å². The highest BCUT2D eigenvalue weighted by Crippen LogP contribution is 2.26. The Labute approximate surface area is 77.3 Å². The maximum absolute atomic E-state index is 12.5. The van der Waals surface area contributed by atoms with E-state index in [1.54, 1.807) is 0 Å². The first-order chi connectivity index (χ1) is 6.42. The van der Waals surface area contributed by atoms with Gasteiger partial charge in [0.1, 0.15) is 11.6 Å². The zero-order valence-corrected chi connectivity index (χ0v) is 6.73. The predicted molar refractivity (Wildman–Crippen MR) is 41.0 cm³/mol. The van der Waals surface area contributed by atoms with Crippen molar-refractivity contribution < 1.29 is 22.3 Å². The van der Waals surface area contributed by atoms with Crippen LogP contribution in [0.4, 0.5) is 17.6 Å². The number of halogens is 4. The third kappa shape index (κ3) is 2.66. The molecule has 0 unspecified atom stereocenters. The van der Waals surface area contributed by atoms with Crippen LogP contribution in [0.15, 0.2) is 18.2 Å². The molecule has 0 aliphatic carbocycles. The van der Waals surface area contributed by atoms with Gasteiger partial charge in [-0.05, 0) is 18.2 Å². The van der Waals surface area contributed by atoms with Crippen LogP contribution in [-0.2, 0) is 0 Å². The summed E-state index contributed by atoms with van der Waals surface area (Å²) < 4.78 is 51.4. The van der Waals surface area contributed by atoms with Gasteiger partial charge in [0.05, 0.1) is 5.56 Å². The molecule has 0 fully saturated rings. The molecule has 1 nitrogen and oxygen atoms in total. The van der Waals surface area contributed by atoms with E-state index in [9.17, 15) is 17.6 Å². The summed E-state index contributed by atoms with van der Waals surface area (Å²) in [6.45, 7) is 0. The molecule has 0 aliphatic rings. The molecule has 0 atom stereocenters. The third-order valence-electron chi connectivity index (χ3n) is 1.32. The summed E-state index contributed by atoms with van der Waals surface area (Å²) in [4.78, 5) is 0. The summed E-state index contributed by atoms with van der Waals surface area (Å²) in [5.41, 5.74) is -0.276. The second-order valence-corrected chi connectivity index (χ2v) is 2.33. The molecular weight excluding hydrogens is 200 g/mol. The Hall–Kier alpha value is -1.70. The van der Waals surface area contributed by atoms with Crippen molar-refractivity contribution in [1.82, 2.24) is 0 Å². The van der Waals surface area contributed by atoms with Crippen molar-refractivity contribution in [3.63, 3.8) is 0 Å². The highest BCUT2D eigenvalue weighted by molar-refractivity contribution is 5.45. The zero-order valence-electron chi connectivity index (χ0n) is 6.73. The summed E-state index contributed by atoms with van der Waals surface area (Å²) >= 11 is 0. The quantitative estimate of drug-likeness (QED) is 0.504. The smallest absolute Gasteiger partial charge is 0.404 e.